The van der Waals surface area contributed by atoms with E-state index >= 15 is 0 Å². The van der Waals surface area contributed by atoms with Crippen molar-refractivity contribution >= 4 is 21.6 Å². The highest BCUT2D eigenvalue weighted by Crippen LogP contribution is 2.19. The summed E-state index contributed by atoms with van der Waals surface area (Å²) in [6.07, 6.45) is 3.41. The second-order valence-electron chi connectivity index (χ2n) is 4.43. The van der Waals surface area contributed by atoms with Crippen LogP contribution in [0.5, 0.6) is 0 Å². The van der Waals surface area contributed by atoms with Crippen LogP contribution in [0.25, 0.3) is 17.2 Å². The van der Waals surface area contributed by atoms with E-state index in [1.807, 2.05) is 37.3 Å². The molecule has 20 heavy (non-hydrogen) atoms. The number of pyridine rings is 1. The van der Waals surface area contributed by atoms with Crippen molar-refractivity contribution in [1.82, 2.24) is 19.7 Å². The van der Waals surface area contributed by atoms with Crippen molar-refractivity contribution in [3.63, 3.8) is 0 Å². The van der Waals surface area contributed by atoms with E-state index in [-0.39, 0.29) is 0 Å². The molecule has 0 radical (unpaired) electrons. The van der Waals surface area contributed by atoms with Crippen LogP contribution in [-0.4, -0.2) is 19.7 Å². The Morgan fingerprint density at radius 3 is 2.60 bits per heavy atom. The standard InChI is InChI=1S/C14H12BrN5/c1-9-6-13(17-7-12(9)15)20-8-18-14(19-20)10-2-4-11(16)5-3-10/h2-8H,16H2,1H3. The number of nitrogens with zero attached hydrogens (tertiary/aromatic N) is 4. The molecule has 0 saturated heterocycles. The molecule has 0 bridgehead atoms. The minimum atomic E-state index is 0.646. The predicted octanol–water partition coefficient (Wildman–Crippen LogP) is 2.98. The van der Waals surface area contributed by atoms with Gasteiger partial charge in [-0.3, -0.25) is 0 Å². The number of rotatable bonds is 2. The van der Waals surface area contributed by atoms with Crippen molar-refractivity contribution in [3.05, 3.63) is 52.9 Å². The summed E-state index contributed by atoms with van der Waals surface area (Å²) in [6.45, 7) is 2.01. The Morgan fingerprint density at radius 2 is 1.90 bits per heavy atom. The average molecular weight is 330 g/mol. The third-order valence-electron chi connectivity index (χ3n) is 2.93. The molecule has 0 aliphatic rings. The van der Waals surface area contributed by atoms with Crippen LogP contribution in [0.15, 0.2) is 47.3 Å². The summed E-state index contributed by atoms with van der Waals surface area (Å²) in [5.41, 5.74) is 8.41. The maximum atomic E-state index is 5.67. The van der Waals surface area contributed by atoms with E-state index in [4.69, 9.17) is 5.73 Å². The zero-order valence-corrected chi connectivity index (χ0v) is 12.4. The second kappa shape index (κ2) is 5.05. The Kier molecular flexibility index (Phi) is 3.23. The Bertz CT molecular complexity index is 749. The summed E-state index contributed by atoms with van der Waals surface area (Å²) in [7, 11) is 0. The zero-order valence-electron chi connectivity index (χ0n) is 10.8. The van der Waals surface area contributed by atoms with Crippen molar-refractivity contribution < 1.29 is 0 Å². The van der Waals surface area contributed by atoms with Gasteiger partial charge in [-0.1, -0.05) is 0 Å². The number of hydrogen-bond acceptors (Lipinski definition) is 4. The molecule has 0 aliphatic carbocycles. The number of nitrogens with two attached hydrogens (primary N) is 1. The van der Waals surface area contributed by atoms with Crippen LogP contribution in [0.1, 0.15) is 5.56 Å². The first kappa shape index (κ1) is 12.8. The van der Waals surface area contributed by atoms with E-state index < -0.39 is 0 Å². The van der Waals surface area contributed by atoms with E-state index in [2.05, 4.69) is 31.0 Å². The number of halogens is 1. The normalized spacial score (nSPS) is 10.7. The number of benzene rings is 1. The maximum Gasteiger partial charge on any atom is 0.181 e. The van der Waals surface area contributed by atoms with E-state index in [1.54, 1.807) is 17.2 Å². The Balaban J connectivity index is 1.97. The molecule has 2 N–H and O–H groups in total. The van der Waals surface area contributed by atoms with Crippen molar-refractivity contribution in [3.8, 4) is 17.2 Å². The van der Waals surface area contributed by atoms with Crippen molar-refractivity contribution in [1.29, 1.82) is 0 Å². The van der Waals surface area contributed by atoms with Crippen molar-refractivity contribution in [2.75, 3.05) is 5.73 Å². The number of nitrogen functional groups attached to an aromatic ring is 1. The fourth-order valence-electron chi connectivity index (χ4n) is 1.79. The minimum Gasteiger partial charge on any atom is -0.399 e. The average Bonchev–Trinajstić information content (AvgIpc) is 2.92. The van der Waals surface area contributed by atoms with E-state index in [1.165, 1.54) is 0 Å². The van der Waals surface area contributed by atoms with Crippen molar-refractivity contribution in [2.24, 2.45) is 0 Å². The highest BCUT2D eigenvalue weighted by atomic mass is 79.9. The fourth-order valence-corrected chi connectivity index (χ4v) is 2.00. The molecule has 3 aromatic rings. The van der Waals surface area contributed by atoms with Crippen molar-refractivity contribution in [2.45, 2.75) is 6.92 Å². The quantitative estimate of drug-likeness (QED) is 0.734. The summed E-state index contributed by atoms with van der Waals surface area (Å²) in [4.78, 5) is 8.63. The number of anilines is 1. The molecule has 2 heterocycles. The number of aryl methyl sites for hydroxylation is 1. The molecule has 0 fully saturated rings. The minimum absolute atomic E-state index is 0.646. The number of aromatic nitrogens is 4. The first-order valence-corrected chi connectivity index (χ1v) is 6.83. The lowest BCUT2D eigenvalue weighted by Crippen LogP contribution is -1.99. The van der Waals surface area contributed by atoms with Crippen LogP contribution in [0.2, 0.25) is 0 Å². The van der Waals surface area contributed by atoms with Gasteiger partial charge in [0.25, 0.3) is 0 Å². The van der Waals surface area contributed by atoms with Gasteiger partial charge in [0.2, 0.25) is 0 Å². The van der Waals surface area contributed by atoms with Crippen LogP contribution in [0.4, 0.5) is 5.69 Å². The Labute approximate surface area is 124 Å². The summed E-state index contributed by atoms with van der Waals surface area (Å²) in [5.74, 6) is 1.38. The summed E-state index contributed by atoms with van der Waals surface area (Å²) in [5, 5.41) is 4.44. The smallest absolute Gasteiger partial charge is 0.181 e. The van der Waals surface area contributed by atoms with Gasteiger partial charge in [-0.2, -0.15) is 0 Å². The van der Waals surface area contributed by atoms with Crippen LogP contribution in [-0.2, 0) is 0 Å². The first-order valence-electron chi connectivity index (χ1n) is 6.03. The fraction of sp³-hybridized carbons (Fsp3) is 0.0714. The Hall–Kier alpha value is -2.21. The highest BCUT2D eigenvalue weighted by molar-refractivity contribution is 9.10. The summed E-state index contributed by atoms with van der Waals surface area (Å²) < 4.78 is 2.63. The van der Waals surface area contributed by atoms with Gasteiger partial charge in [0.15, 0.2) is 11.6 Å². The monoisotopic (exact) mass is 329 g/mol. The van der Waals surface area contributed by atoms with Gasteiger partial charge in [-0.05, 0) is 58.7 Å². The van der Waals surface area contributed by atoms with Crippen LogP contribution < -0.4 is 5.73 Å². The SMILES string of the molecule is Cc1cc(-n2cnc(-c3ccc(N)cc3)n2)ncc1Br. The molecule has 3 rings (SSSR count). The molecule has 0 aliphatic heterocycles. The second-order valence-corrected chi connectivity index (χ2v) is 5.28. The van der Waals surface area contributed by atoms with Gasteiger partial charge < -0.3 is 5.73 Å². The lowest BCUT2D eigenvalue weighted by Gasteiger charge is -2.02. The van der Waals surface area contributed by atoms with Crippen LogP contribution >= 0.6 is 15.9 Å². The molecule has 0 amide bonds. The van der Waals surface area contributed by atoms with Crippen LogP contribution in [0.3, 0.4) is 0 Å². The van der Waals surface area contributed by atoms with Crippen LogP contribution in [0, 0.1) is 6.92 Å². The van der Waals surface area contributed by atoms with Gasteiger partial charge in [-0.25, -0.2) is 14.6 Å². The Morgan fingerprint density at radius 1 is 1.15 bits per heavy atom. The summed E-state index contributed by atoms with van der Waals surface area (Å²) >= 11 is 3.43. The molecule has 6 heteroatoms. The largest absolute Gasteiger partial charge is 0.399 e. The first-order chi connectivity index (χ1) is 9.63. The van der Waals surface area contributed by atoms with E-state index in [0.717, 1.165) is 27.1 Å². The molecule has 5 nitrogen and oxygen atoms in total. The molecule has 0 spiro atoms. The zero-order chi connectivity index (χ0) is 14.1. The molecule has 2 aromatic heterocycles. The highest BCUT2D eigenvalue weighted by Gasteiger charge is 2.07. The van der Waals surface area contributed by atoms with Gasteiger partial charge >= 0.3 is 0 Å². The third-order valence-corrected chi connectivity index (χ3v) is 3.76. The third kappa shape index (κ3) is 2.42. The molecule has 0 atom stereocenters. The molecule has 100 valence electrons. The molecule has 0 saturated carbocycles. The number of hydrogen-bond donors (Lipinski definition) is 1. The van der Waals surface area contributed by atoms with Gasteiger partial charge in [0, 0.05) is 21.9 Å². The van der Waals surface area contributed by atoms with Gasteiger partial charge in [-0.15, -0.1) is 5.10 Å². The molecular weight excluding hydrogens is 318 g/mol. The molecule has 0 unspecified atom stereocenters. The maximum absolute atomic E-state index is 5.67. The predicted molar refractivity (Wildman–Crippen MR) is 81.4 cm³/mol. The lowest BCUT2D eigenvalue weighted by atomic mass is 10.2. The van der Waals surface area contributed by atoms with E-state index in [9.17, 15) is 0 Å². The van der Waals surface area contributed by atoms with Gasteiger partial charge in [0.1, 0.15) is 6.33 Å². The van der Waals surface area contributed by atoms with E-state index in [0.29, 0.717) is 5.82 Å². The molecular formula is C14H12BrN5. The molecule has 1 aromatic carbocycles. The van der Waals surface area contributed by atoms with Gasteiger partial charge in [0.05, 0.1) is 0 Å². The lowest BCUT2D eigenvalue weighted by molar-refractivity contribution is 0.845. The summed E-state index contributed by atoms with van der Waals surface area (Å²) in [6, 6.07) is 9.41. The topological polar surface area (TPSA) is 69.6 Å².